The van der Waals surface area contributed by atoms with Gasteiger partial charge in [0.25, 0.3) is 0 Å². The summed E-state index contributed by atoms with van der Waals surface area (Å²) in [7, 11) is 0. The molecule has 0 fully saturated rings. The van der Waals surface area contributed by atoms with Gasteiger partial charge in [0.05, 0.1) is 28.7 Å². The number of aromatic nitrogens is 2. The maximum atomic E-state index is 9.61. The second kappa shape index (κ2) is 4.47. The standard InChI is InChI=1S/C11H11ClN4O/c1-7-6-16(11(13)15-7)14-5-8-9(12)3-2-4-10(8)17/h2-6,17H,1H3,(H2,13,15). The summed E-state index contributed by atoms with van der Waals surface area (Å²) in [6.07, 6.45) is 3.12. The fraction of sp³-hybridized carbons (Fsp3) is 0.0909. The molecule has 0 spiro atoms. The molecule has 5 nitrogen and oxygen atoms in total. The van der Waals surface area contributed by atoms with Gasteiger partial charge in [-0.2, -0.15) is 5.10 Å². The molecule has 0 aliphatic carbocycles. The molecular weight excluding hydrogens is 240 g/mol. The normalized spacial score (nSPS) is 11.2. The number of benzene rings is 1. The van der Waals surface area contributed by atoms with Crippen molar-refractivity contribution < 1.29 is 5.11 Å². The number of nitrogens with zero attached hydrogens (tertiary/aromatic N) is 3. The van der Waals surface area contributed by atoms with Crippen LogP contribution in [-0.2, 0) is 0 Å². The maximum Gasteiger partial charge on any atom is 0.221 e. The van der Waals surface area contributed by atoms with Crippen molar-refractivity contribution in [3.63, 3.8) is 0 Å². The molecule has 1 aromatic heterocycles. The quantitative estimate of drug-likeness (QED) is 0.801. The fourth-order valence-corrected chi connectivity index (χ4v) is 1.59. The summed E-state index contributed by atoms with van der Waals surface area (Å²) in [6.45, 7) is 1.81. The third-order valence-electron chi connectivity index (χ3n) is 2.18. The van der Waals surface area contributed by atoms with Crippen molar-refractivity contribution in [3.05, 3.63) is 40.7 Å². The number of aryl methyl sites for hydroxylation is 1. The summed E-state index contributed by atoms with van der Waals surface area (Å²) in [4.78, 5) is 4.00. The van der Waals surface area contributed by atoms with Crippen LogP contribution in [0, 0.1) is 6.92 Å². The third kappa shape index (κ3) is 2.39. The molecular formula is C11H11ClN4O. The largest absolute Gasteiger partial charge is 0.507 e. The van der Waals surface area contributed by atoms with E-state index in [1.54, 1.807) is 18.3 Å². The molecule has 0 aliphatic heterocycles. The van der Waals surface area contributed by atoms with Crippen LogP contribution < -0.4 is 5.73 Å². The van der Waals surface area contributed by atoms with Crippen LogP contribution in [0.2, 0.25) is 5.02 Å². The second-order valence-corrected chi connectivity index (χ2v) is 3.91. The first-order chi connectivity index (χ1) is 8.08. The number of hydrogen-bond donors (Lipinski definition) is 2. The van der Waals surface area contributed by atoms with Crippen molar-refractivity contribution >= 4 is 23.8 Å². The molecule has 1 heterocycles. The predicted molar refractivity (Wildman–Crippen MR) is 67.5 cm³/mol. The fourth-order valence-electron chi connectivity index (χ4n) is 1.37. The summed E-state index contributed by atoms with van der Waals surface area (Å²) >= 11 is 5.93. The topological polar surface area (TPSA) is 76.4 Å². The van der Waals surface area contributed by atoms with Crippen LogP contribution in [0.25, 0.3) is 0 Å². The zero-order chi connectivity index (χ0) is 12.4. The van der Waals surface area contributed by atoms with E-state index in [0.717, 1.165) is 5.69 Å². The van der Waals surface area contributed by atoms with Crippen LogP contribution in [0.1, 0.15) is 11.3 Å². The second-order valence-electron chi connectivity index (χ2n) is 3.50. The predicted octanol–water partition coefficient (Wildman–Crippen LogP) is 2.01. The molecule has 6 heteroatoms. The van der Waals surface area contributed by atoms with Gasteiger partial charge in [-0.1, -0.05) is 17.7 Å². The SMILES string of the molecule is Cc1cn(N=Cc2c(O)cccc2Cl)c(N)n1. The number of nitrogens with two attached hydrogens (primary N) is 1. The highest BCUT2D eigenvalue weighted by Gasteiger charge is 2.04. The maximum absolute atomic E-state index is 9.61. The van der Waals surface area contributed by atoms with Gasteiger partial charge in [-0.25, -0.2) is 9.66 Å². The lowest BCUT2D eigenvalue weighted by molar-refractivity contribution is 0.474. The Morgan fingerprint density at radius 2 is 2.29 bits per heavy atom. The van der Waals surface area contributed by atoms with Crippen LogP contribution in [0.3, 0.4) is 0 Å². The van der Waals surface area contributed by atoms with Gasteiger partial charge in [-0.3, -0.25) is 0 Å². The van der Waals surface area contributed by atoms with Gasteiger partial charge in [-0.05, 0) is 19.1 Å². The summed E-state index contributed by atoms with van der Waals surface area (Å²) < 4.78 is 1.41. The Bertz CT molecular complexity index is 557. The minimum Gasteiger partial charge on any atom is -0.507 e. The molecule has 0 unspecified atom stereocenters. The lowest BCUT2D eigenvalue weighted by Crippen LogP contribution is -1.97. The Kier molecular flexibility index (Phi) is 3.01. The number of rotatable bonds is 2. The first-order valence-electron chi connectivity index (χ1n) is 4.91. The van der Waals surface area contributed by atoms with Crippen LogP contribution in [0.5, 0.6) is 5.75 Å². The van der Waals surface area contributed by atoms with E-state index in [4.69, 9.17) is 17.3 Å². The highest BCUT2D eigenvalue weighted by molar-refractivity contribution is 6.33. The monoisotopic (exact) mass is 250 g/mol. The molecule has 0 saturated heterocycles. The molecule has 0 bridgehead atoms. The summed E-state index contributed by atoms with van der Waals surface area (Å²) in [6, 6.07) is 4.87. The van der Waals surface area contributed by atoms with Gasteiger partial charge in [0.2, 0.25) is 5.95 Å². The first kappa shape index (κ1) is 11.5. The number of imidazole rings is 1. The summed E-state index contributed by atoms with van der Waals surface area (Å²) in [5.74, 6) is 0.349. The Morgan fingerprint density at radius 1 is 1.53 bits per heavy atom. The third-order valence-corrected chi connectivity index (χ3v) is 2.51. The van der Waals surface area contributed by atoms with Crippen LogP contribution in [0.4, 0.5) is 5.95 Å². The highest BCUT2D eigenvalue weighted by atomic mass is 35.5. The zero-order valence-corrected chi connectivity index (χ0v) is 9.89. The van der Waals surface area contributed by atoms with Gasteiger partial charge < -0.3 is 10.8 Å². The van der Waals surface area contributed by atoms with E-state index in [9.17, 15) is 5.11 Å². The molecule has 2 rings (SSSR count). The number of phenolic OH excluding ortho intramolecular Hbond substituents is 1. The van der Waals surface area contributed by atoms with Crippen molar-refractivity contribution in [1.82, 2.24) is 9.66 Å². The Morgan fingerprint density at radius 3 is 2.88 bits per heavy atom. The van der Waals surface area contributed by atoms with Crippen molar-refractivity contribution in [2.24, 2.45) is 5.10 Å². The van der Waals surface area contributed by atoms with Gasteiger partial charge in [0, 0.05) is 0 Å². The van der Waals surface area contributed by atoms with E-state index in [1.165, 1.54) is 17.0 Å². The molecule has 17 heavy (non-hydrogen) atoms. The minimum absolute atomic E-state index is 0.0664. The molecule has 88 valence electrons. The molecule has 3 N–H and O–H groups in total. The minimum atomic E-state index is 0.0664. The number of halogens is 1. The number of nitrogen functional groups attached to an aromatic ring is 1. The smallest absolute Gasteiger partial charge is 0.221 e. The molecule has 2 aromatic rings. The average molecular weight is 251 g/mol. The van der Waals surface area contributed by atoms with Crippen molar-refractivity contribution in [2.75, 3.05) is 5.73 Å². The van der Waals surface area contributed by atoms with Gasteiger partial charge >= 0.3 is 0 Å². The van der Waals surface area contributed by atoms with Crippen molar-refractivity contribution in [1.29, 1.82) is 0 Å². The number of hydrogen-bond acceptors (Lipinski definition) is 4. The van der Waals surface area contributed by atoms with E-state index in [0.29, 0.717) is 10.6 Å². The number of anilines is 1. The van der Waals surface area contributed by atoms with E-state index in [2.05, 4.69) is 10.1 Å². The molecule has 0 aliphatic rings. The van der Waals surface area contributed by atoms with Gasteiger partial charge in [0.1, 0.15) is 5.75 Å². The van der Waals surface area contributed by atoms with Gasteiger partial charge in [-0.15, -0.1) is 0 Å². The van der Waals surface area contributed by atoms with E-state index >= 15 is 0 Å². The molecule has 0 saturated carbocycles. The summed E-state index contributed by atoms with van der Waals surface area (Å²) in [5, 5.41) is 14.1. The van der Waals surface area contributed by atoms with E-state index < -0.39 is 0 Å². The Labute approximate surface area is 103 Å². The number of aromatic hydroxyl groups is 1. The molecule has 0 atom stereocenters. The summed E-state index contributed by atoms with van der Waals surface area (Å²) in [5.41, 5.74) is 6.84. The van der Waals surface area contributed by atoms with Crippen molar-refractivity contribution in [3.8, 4) is 5.75 Å². The molecule has 0 amide bonds. The molecule has 0 radical (unpaired) electrons. The lowest BCUT2D eigenvalue weighted by Gasteiger charge is -2.01. The lowest BCUT2D eigenvalue weighted by atomic mass is 10.2. The van der Waals surface area contributed by atoms with Crippen molar-refractivity contribution in [2.45, 2.75) is 6.92 Å². The van der Waals surface area contributed by atoms with Gasteiger partial charge in [0.15, 0.2) is 0 Å². The Hall–Kier alpha value is -2.01. The molecule has 1 aromatic carbocycles. The van der Waals surface area contributed by atoms with Crippen LogP contribution in [-0.4, -0.2) is 21.0 Å². The van der Waals surface area contributed by atoms with E-state index in [-0.39, 0.29) is 11.7 Å². The van der Waals surface area contributed by atoms with E-state index in [1.807, 2.05) is 6.92 Å². The Balaban J connectivity index is 2.35. The average Bonchev–Trinajstić information content (AvgIpc) is 2.57. The zero-order valence-electron chi connectivity index (χ0n) is 9.13. The highest BCUT2D eigenvalue weighted by Crippen LogP contribution is 2.23. The van der Waals surface area contributed by atoms with Crippen LogP contribution in [0.15, 0.2) is 29.5 Å². The van der Waals surface area contributed by atoms with Crippen LogP contribution >= 0.6 is 11.6 Å². The number of phenols is 1. The first-order valence-corrected chi connectivity index (χ1v) is 5.29.